The van der Waals surface area contributed by atoms with Crippen LogP contribution in [0.1, 0.15) is 64.7 Å². The lowest BCUT2D eigenvalue weighted by Gasteiger charge is -2.15. The number of carboxylic acid groups (broad SMARTS) is 2. The number of carbonyl (C=O) groups excluding carboxylic acids is 5. The molecular formula is C26H43N3O16S2. The number of carboxylic acids is 2. The van der Waals surface area contributed by atoms with E-state index in [9.17, 15) is 55.5 Å². The van der Waals surface area contributed by atoms with E-state index >= 15 is 0 Å². The Kier molecular flexibility index (Phi) is 21.2. The molecule has 6 N–H and O–H groups in total. The fourth-order valence-electron chi connectivity index (χ4n) is 3.69. The molecule has 3 amide bonds. The Bertz CT molecular complexity index is 1300. The summed E-state index contributed by atoms with van der Waals surface area (Å²) in [5.74, 6) is -8.03. The number of rotatable bonds is 28. The molecule has 1 unspecified atom stereocenters. The third-order valence-electron chi connectivity index (χ3n) is 6.06. The molecule has 0 bridgehead atoms. The van der Waals surface area contributed by atoms with Crippen molar-refractivity contribution in [3.63, 3.8) is 0 Å². The number of aliphatic carboxylic acids is 2. The van der Waals surface area contributed by atoms with Crippen molar-refractivity contribution in [1.82, 2.24) is 15.4 Å². The van der Waals surface area contributed by atoms with Gasteiger partial charge < -0.3 is 35.1 Å². The molecule has 0 heterocycles. The zero-order valence-electron chi connectivity index (χ0n) is 25.9. The van der Waals surface area contributed by atoms with Gasteiger partial charge in [-0.15, -0.1) is 0 Å². The first-order valence-electron chi connectivity index (χ1n) is 14.5. The molecule has 0 saturated heterocycles. The molecule has 0 fully saturated rings. The van der Waals surface area contributed by atoms with Crippen molar-refractivity contribution in [3.8, 4) is 0 Å². The van der Waals surface area contributed by atoms with Crippen molar-refractivity contribution in [2.75, 3.05) is 44.5 Å². The zero-order valence-corrected chi connectivity index (χ0v) is 27.6. The quantitative estimate of drug-likeness (QED) is 0.0392. The number of Topliss-reactive ketones (excluding diaryl/α,β-unsaturated/α-hetero) is 2. The van der Waals surface area contributed by atoms with Gasteiger partial charge in [0.25, 0.3) is 10.1 Å². The van der Waals surface area contributed by atoms with Crippen molar-refractivity contribution in [2.24, 2.45) is 5.92 Å². The summed E-state index contributed by atoms with van der Waals surface area (Å²) in [6.45, 7) is 0.989. The Balaban J connectivity index is 4.12. The fraction of sp³-hybridized carbons (Fsp3) is 0.731. The number of ether oxygens (including phenoxy) is 2. The van der Waals surface area contributed by atoms with Gasteiger partial charge in [0, 0.05) is 38.6 Å². The molecule has 0 saturated carbocycles. The average molecular weight is 718 g/mol. The first-order chi connectivity index (χ1) is 21.8. The van der Waals surface area contributed by atoms with Gasteiger partial charge in [-0.05, 0) is 32.6 Å². The summed E-state index contributed by atoms with van der Waals surface area (Å²) in [7, 11) is -8.31. The predicted molar refractivity (Wildman–Crippen MR) is 161 cm³/mol. The van der Waals surface area contributed by atoms with Crippen LogP contribution in [0.3, 0.4) is 0 Å². The molecule has 2 atom stereocenters. The standard InChI is InChI=1S/C26H43N3O16S2/c1-18(30)6-8-21(26(37)38)28-23(33)9-7-19(25(35)36)16-20(31)17-45-13-12-44-11-10-27-22(32)4-2-14-46(39,40)29-24(34)5-3-15-47(41,42)43/h19,21H,2-17H2,1H3,(H,27,32)(H,28,33)(H,29,34)(H,35,36)(H,37,38)(H,41,42,43)/t19-,21?/m1/s1. The highest BCUT2D eigenvalue weighted by Crippen LogP contribution is 2.13. The molecular weight excluding hydrogens is 674 g/mol. The third kappa shape index (κ3) is 25.3. The number of hydrogen-bond acceptors (Lipinski definition) is 13. The van der Waals surface area contributed by atoms with Gasteiger partial charge in [-0.2, -0.15) is 8.42 Å². The second kappa shape index (κ2) is 22.9. The maximum atomic E-state index is 12.1. The van der Waals surface area contributed by atoms with E-state index in [1.54, 1.807) is 4.72 Å². The van der Waals surface area contributed by atoms with Crippen LogP contribution < -0.4 is 15.4 Å². The summed E-state index contributed by atoms with van der Waals surface area (Å²) in [6, 6.07) is -1.30. The molecule has 0 aliphatic heterocycles. The molecule has 0 aliphatic rings. The minimum atomic E-state index is -4.27. The maximum absolute atomic E-state index is 12.1. The van der Waals surface area contributed by atoms with Crippen LogP contribution in [0.25, 0.3) is 0 Å². The lowest BCUT2D eigenvalue weighted by atomic mass is 9.97. The van der Waals surface area contributed by atoms with Crippen molar-refractivity contribution in [3.05, 3.63) is 0 Å². The highest BCUT2D eigenvalue weighted by Gasteiger charge is 2.25. The molecule has 47 heavy (non-hydrogen) atoms. The Morgan fingerprint density at radius 2 is 1.34 bits per heavy atom. The number of nitrogens with one attached hydrogen (secondary N) is 3. The molecule has 21 heteroatoms. The van der Waals surface area contributed by atoms with Gasteiger partial charge in [0.05, 0.1) is 37.2 Å². The Morgan fingerprint density at radius 1 is 0.723 bits per heavy atom. The first-order valence-corrected chi connectivity index (χ1v) is 17.7. The van der Waals surface area contributed by atoms with Crippen molar-refractivity contribution < 1.29 is 74.6 Å². The predicted octanol–water partition coefficient (Wildman–Crippen LogP) is -1.59. The zero-order chi connectivity index (χ0) is 36.0. The Labute approximate surface area is 272 Å². The highest BCUT2D eigenvalue weighted by atomic mass is 32.2. The average Bonchev–Trinajstić information content (AvgIpc) is 2.93. The second-order valence-electron chi connectivity index (χ2n) is 10.4. The van der Waals surface area contributed by atoms with E-state index in [-0.39, 0.29) is 77.1 Å². The summed E-state index contributed by atoms with van der Waals surface area (Å²) < 4.78 is 65.7. The van der Waals surface area contributed by atoms with E-state index in [0.717, 1.165) is 0 Å². The smallest absolute Gasteiger partial charge is 0.326 e. The van der Waals surface area contributed by atoms with Gasteiger partial charge in [-0.1, -0.05) is 0 Å². The molecule has 0 aromatic carbocycles. The van der Waals surface area contributed by atoms with Crippen molar-refractivity contribution in [1.29, 1.82) is 0 Å². The fourth-order valence-corrected chi connectivity index (χ4v) is 5.28. The summed E-state index contributed by atoms with van der Waals surface area (Å²) >= 11 is 0. The van der Waals surface area contributed by atoms with Crippen LogP contribution in [0.15, 0.2) is 0 Å². The summed E-state index contributed by atoms with van der Waals surface area (Å²) in [5, 5.41) is 23.3. The SMILES string of the molecule is CC(=O)CCC(NC(=O)CC[C@H](CC(=O)COCCOCCNC(=O)CCCS(=O)(=O)NC(=O)CCCS(=O)(=O)O)C(=O)O)C(=O)O. The lowest BCUT2D eigenvalue weighted by Crippen LogP contribution is -2.41. The largest absolute Gasteiger partial charge is 0.481 e. The van der Waals surface area contributed by atoms with Crippen LogP contribution in [0.4, 0.5) is 0 Å². The van der Waals surface area contributed by atoms with E-state index in [0.29, 0.717) is 0 Å². The Hall–Kier alpha value is -3.53. The van der Waals surface area contributed by atoms with Gasteiger partial charge in [0.1, 0.15) is 18.4 Å². The minimum Gasteiger partial charge on any atom is -0.481 e. The number of sulfonamides is 1. The first kappa shape index (κ1) is 43.5. The Morgan fingerprint density at radius 3 is 1.94 bits per heavy atom. The third-order valence-corrected chi connectivity index (χ3v) is 8.23. The van der Waals surface area contributed by atoms with Crippen molar-refractivity contribution >= 4 is 61.4 Å². The monoisotopic (exact) mass is 717 g/mol. The summed E-state index contributed by atoms with van der Waals surface area (Å²) in [6.07, 6.45) is -2.14. The van der Waals surface area contributed by atoms with E-state index < -0.39 is 98.5 Å². The van der Waals surface area contributed by atoms with E-state index in [4.69, 9.17) is 19.1 Å². The molecule has 0 radical (unpaired) electrons. The van der Waals surface area contributed by atoms with E-state index in [1.165, 1.54) is 6.92 Å². The molecule has 0 aliphatic carbocycles. The molecule has 0 aromatic rings. The van der Waals surface area contributed by atoms with Crippen LogP contribution in [-0.4, -0.2) is 123 Å². The van der Waals surface area contributed by atoms with E-state index in [1.807, 2.05) is 0 Å². The van der Waals surface area contributed by atoms with Crippen LogP contribution in [-0.2, 0) is 63.2 Å². The molecule has 0 rings (SSSR count). The molecule has 270 valence electrons. The van der Waals surface area contributed by atoms with Crippen molar-refractivity contribution in [2.45, 2.75) is 70.8 Å². The summed E-state index contributed by atoms with van der Waals surface area (Å²) in [4.78, 5) is 81.5. The highest BCUT2D eigenvalue weighted by molar-refractivity contribution is 7.90. The van der Waals surface area contributed by atoms with Crippen LogP contribution in [0.2, 0.25) is 0 Å². The maximum Gasteiger partial charge on any atom is 0.326 e. The second-order valence-corrected chi connectivity index (χ2v) is 13.8. The topological polar surface area (TPSA) is 303 Å². The number of ketones is 2. The molecule has 0 spiro atoms. The van der Waals surface area contributed by atoms with Gasteiger partial charge in [-0.25, -0.2) is 13.2 Å². The molecule has 19 nitrogen and oxygen atoms in total. The van der Waals surface area contributed by atoms with Gasteiger partial charge >= 0.3 is 11.9 Å². The number of carbonyl (C=O) groups is 7. The van der Waals surface area contributed by atoms with Crippen LogP contribution in [0, 0.1) is 5.92 Å². The summed E-state index contributed by atoms with van der Waals surface area (Å²) in [5.41, 5.74) is 0. The minimum absolute atomic E-state index is 0.0300. The van der Waals surface area contributed by atoms with Crippen LogP contribution >= 0.6 is 0 Å². The number of hydrogen-bond donors (Lipinski definition) is 6. The van der Waals surface area contributed by atoms with Crippen LogP contribution in [0.5, 0.6) is 0 Å². The van der Waals surface area contributed by atoms with Gasteiger partial charge in [0.2, 0.25) is 27.7 Å². The lowest BCUT2D eigenvalue weighted by molar-refractivity contribution is -0.145. The van der Waals surface area contributed by atoms with Gasteiger partial charge in [0.15, 0.2) is 5.78 Å². The van der Waals surface area contributed by atoms with Gasteiger partial charge in [-0.3, -0.25) is 33.2 Å². The molecule has 0 aromatic heterocycles. The van der Waals surface area contributed by atoms with E-state index in [2.05, 4.69) is 10.6 Å². The number of amides is 3. The normalized spacial score (nSPS) is 12.8.